The fourth-order valence-corrected chi connectivity index (χ4v) is 2.87. The molecule has 0 radical (unpaired) electrons. The van der Waals surface area contributed by atoms with E-state index in [1.54, 1.807) is 0 Å². The maximum Gasteiger partial charge on any atom is 0.224 e. The Kier molecular flexibility index (Phi) is 3.53. The second-order valence-corrected chi connectivity index (χ2v) is 5.94. The van der Waals surface area contributed by atoms with Crippen molar-refractivity contribution in [2.75, 3.05) is 6.54 Å². The van der Waals surface area contributed by atoms with Gasteiger partial charge >= 0.3 is 0 Å². The van der Waals surface area contributed by atoms with E-state index in [2.05, 4.69) is 12.2 Å². The second kappa shape index (κ2) is 4.74. The molecule has 92 valence electrons. The highest BCUT2D eigenvalue weighted by atomic mass is 16.1. The van der Waals surface area contributed by atoms with E-state index in [9.17, 15) is 4.79 Å². The van der Waals surface area contributed by atoms with Gasteiger partial charge in [0.2, 0.25) is 5.91 Å². The van der Waals surface area contributed by atoms with Crippen LogP contribution < -0.4 is 11.1 Å². The second-order valence-electron chi connectivity index (χ2n) is 5.94. The summed E-state index contributed by atoms with van der Waals surface area (Å²) >= 11 is 0. The molecule has 0 spiro atoms. The Balaban J connectivity index is 1.78. The molecular formula is C13H24N2O. The molecule has 16 heavy (non-hydrogen) atoms. The van der Waals surface area contributed by atoms with Gasteiger partial charge in [-0.1, -0.05) is 26.2 Å². The number of hydrogen-bond acceptors (Lipinski definition) is 2. The Morgan fingerprint density at radius 1 is 1.31 bits per heavy atom. The van der Waals surface area contributed by atoms with Crippen LogP contribution in [0.15, 0.2) is 0 Å². The first kappa shape index (κ1) is 11.9. The lowest BCUT2D eigenvalue weighted by atomic mass is 9.70. The zero-order valence-corrected chi connectivity index (χ0v) is 10.3. The summed E-state index contributed by atoms with van der Waals surface area (Å²) in [6, 6.07) is 0.0861. The van der Waals surface area contributed by atoms with Gasteiger partial charge < -0.3 is 11.1 Å². The summed E-state index contributed by atoms with van der Waals surface area (Å²) in [7, 11) is 0. The van der Waals surface area contributed by atoms with Crippen LogP contribution in [-0.2, 0) is 4.79 Å². The van der Waals surface area contributed by atoms with E-state index in [0.29, 0.717) is 5.41 Å². The lowest BCUT2D eigenvalue weighted by Gasteiger charge is -2.39. The molecule has 0 aromatic heterocycles. The van der Waals surface area contributed by atoms with Gasteiger partial charge in [-0.25, -0.2) is 0 Å². The van der Waals surface area contributed by atoms with Crippen LogP contribution in [0.4, 0.5) is 0 Å². The standard InChI is InChI=1S/C13H24N2O/c1-13(7-4-8-13)9-15-12(16)10-5-2-3-6-11(10)14/h10-11H,2-9,14H2,1H3,(H,15,16)/t10-,11+/m0/s1. The van der Waals surface area contributed by atoms with Crippen LogP contribution in [0.2, 0.25) is 0 Å². The van der Waals surface area contributed by atoms with E-state index >= 15 is 0 Å². The average molecular weight is 224 g/mol. The van der Waals surface area contributed by atoms with E-state index in [0.717, 1.165) is 25.8 Å². The molecule has 0 heterocycles. The Morgan fingerprint density at radius 2 is 2.00 bits per heavy atom. The highest BCUT2D eigenvalue weighted by Crippen LogP contribution is 2.39. The molecule has 3 nitrogen and oxygen atoms in total. The number of rotatable bonds is 3. The molecule has 2 atom stereocenters. The minimum Gasteiger partial charge on any atom is -0.355 e. The van der Waals surface area contributed by atoms with Crippen LogP contribution >= 0.6 is 0 Å². The summed E-state index contributed by atoms with van der Waals surface area (Å²) < 4.78 is 0. The maximum absolute atomic E-state index is 12.0. The van der Waals surface area contributed by atoms with Crippen LogP contribution in [0.5, 0.6) is 0 Å². The van der Waals surface area contributed by atoms with Gasteiger partial charge in [0.15, 0.2) is 0 Å². The first-order chi connectivity index (χ1) is 7.61. The molecular weight excluding hydrogens is 200 g/mol. The van der Waals surface area contributed by atoms with Crippen LogP contribution in [0, 0.1) is 11.3 Å². The van der Waals surface area contributed by atoms with Gasteiger partial charge in [-0.2, -0.15) is 0 Å². The normalized spacial score (nSPS) is 32.9. The van der Waals surface area contributed by atoms with Crippen molar-refractivity contribution >= 4 is 5.91 Å². The molecule has 0 unspecified atom stereocenters. The van der Waals surface area contributed by atoms with Gasteiger partial charge in [0, 0.05) is 12.6 Å². The van der Waals surface area contributed by atoms with Crippen molar-refractivity contribution in [2.45, 2.75) is 57.9 Å². The van der Waals surface area contributed by atoms with Gasteiger partial charge in [-0.15, -0.1) is 0 Å². The maximum atomic E-state index is 12.0. The van der Waals surface area contributed by atoms with Crippen molar-refractivity contribution in [3.8, 4) is 0 Å². The molecule has 2 saturated carbocycles. The summed E-state index contributed by atoms with van der Waals surface area (Å²) in [4.78, 5) is 12.0. The zero-order chi connectivity index (χ0) is 11.6. The average Bonchev–Trinajstić information content (AvgIpc) is 2.24. The minimum absolute atomic E-state index is 0.0671. The topological polar surface area (TPSA) is 55.1 Å². The quantitative estimate of drug-likeness (QED) is 0.768. The molecule has 2 fully saturated rings. The Hall–Kier alpha value is -0.570. The van der Waals surface area contributed by atoms with Gasteiger partial charge in [0.25, 0.3) is 0 Å². The molecule has 3 heteroatoms. The number of nitrogens with two attached hydrogens (primary N) is 1. The molecule has 2 aliphatic rings. The van der Waals surface area contributed by atoms with Gasteiger partial charge in [0.1, 0.15) is 0 Å². The summed E-state index contributed by atoms with van der Waals surface area (Å²) in [5.74, 6) is 0.262. The molecule has 0 bridgehead atoms. The van der Waals surface area contributed by atoms with Gasteiger partial charge in [0.05, 0.1) is 5.92 Å². The van der Waals surface area contributed by atoms with E-state index in [4.69, 9.17) is 5.73 Å². The van der Waals surface area contributed by atoms with Crippen LogP contribution in [0.25, 0.3) is 0 Å². The SMILES string of the molecule is CC1(CNC(=O)[C@H]2CCCC[C@H]2N)CCC1. The molecule has 0 aromatic carbocycles. The summed E-state index contributed by atoms with van der Waals surface area (Å²) in [6.45, 7) is 3.10. The largest absolute Gasteiger partial charge is 0.355 e. The number of nitrogens with one attached hydrogen (secondary N) is 1. The van der Waals surface area contributed by atoms with Crippen LogP contribution in [0.3, 0.4) is 0 Å². The summed E-state index contributed by atoms with van der Waals surface area (Å²) in [5.41, 5.74) is 6.37. The molecule has 2 aliphatic carbocycles. The fourth-order valence-electron chi connectivity index (χ4n) is 2.87. The highest BCUT2D eigenvalue weighted by Gasteiger charge is 2.34. The van der Waals surface area contributed by atoms with E-state index in [1.807, 2.05) is 0 Å². The Labute approximate surface area is 98.2 Å². The molecule has 0 aromatic rings. The van der Waals surface area contributed by atoms with Gasteiger partial charge in [-0.3, -0.25) is 4.79 Å². The first-order valence-electron chi connectivity index (χ1n) is 6.64. The molecule has 3 N–H and O–H groups in total. The van der Waals surface area contributed by atoms with Crippen LogP contribution in [-0.4, -0.2) is 18.5 Å². The molecule has 0 saturated heterocycles. The number of hydrogen-bond donors (Lipinski definition) is 2. The molecule has 1 amide bonds. The third-order valence-electron chi connectivity index (χ3n) is 4.41. The lowest BCUT2D eigenvalue weighted by molar-refractivity contribution is -0.127. The van der Waals surface area contributed by atoms with Crippen molar-refractivity contribution in [1.82, 2.24) is 5.32 Å². The summed E-state index contributed by atoms with van der Waals surface area (Å²) in [6.07, 6.45) is 8.15. The number of carbonyl (C=O) groups excluding carboxylic acids is 1. The minimum atomic E-state index is 0.0671. The van der Waals surface area contributed by atoms with Crippen molar-refractivity contribution in [1.29, 1.82) is 0 Å². The monoisotopic (exact) mass is 224 g/mol. The highest BCUT2D eigenvalue weighted by molar-refractivity contribution is 5.79. The summed E-state index contributed by atoms with van der Waals surface area (Å²) in [5, 5.41) is 3.11. The first-order valence-corrected chi connectivity index (χ1v) is 6.64. The van der Waals surface area contributed by atoms with Gasteiger partial charge in [-0.05, 0) is 31.1 Å². The number of carbonyl (C=O) groups is 1. The van der Waals surface area contributed by atoms with Crippen molar-refractivity contribution in [3.05, 3.63) is 0 Å². The predicted molar refractivity (Wildman–Crippen MR) is 64.9 cm³/mol. The van der Waals surface area contributed by atoms with Crippen molar-refractivity contribution < 1.29 is 4.79 Å². The predicted octanol–water partition coefficient (Wildman–Crippen LogP) is 1.81. The van der Waals surface area contributed by atoms with E-state index in [-0.39, 0.29) is 17.9 Å². The fraction of sp³-hybridized carbons (Fsp3) is 0.923. The third-order valence-corrected chi connectivity index (χ3v) is 4.41. The Morgan fingerprint density at radius 3 is 2.56 bits per heavy atom. The lowest BCUT2D eigenvalue weighted by Crippen LogP contribution is -2.47. The molecule has 2 rings (SSSR count). The van der Waals surface area contributed by atoms with Crippen molar-refractivity contribution in [2.24, 2.45) is 17.1 Å². The number of amides is 1. The smallest absolute Gasteiger partial charge is 0.224 e. The van der Waals surface area contributed by atoms with Crippen LogP contribution in [0.1, 0.15) is 51.9 Å². The Bertz CT molecular complexity index is 261. The van der Waals surface area contributed by atoms with E-state index < -0.39 is 0 Å². The molecule has 0 aliphatic heterocycles. The zero-order valence-electron chi connectivity index (χ0n) is 10.3. The van der Waals surface area contributed by atoms with E-state index in [1.165, 1.54) is 25.7 Å². The van der Waals surface area contributed by atoms with Crippen molar-refractivity contribution in [3.63, 3.8) is 0 Å². The third kappa shape index (κ3) is 2.57.